The molecular formula is C40H58. The van der Waals surface area contributed by atoms with Crippen LogP contribution in [0.15, 0.2) is 86.6 Å². The minimum absolute atomic E-state index is 0.689. The summed E-state index contributed by atoms with van der Waals surface area (Å²) < 4.78 is 0. The molecule has 5 fully saturated rings. The quantitative estimate of drug-likeness (QED) is 0.229. The fourth-order valence-electron chi connectivity index (χ4n) is 8.85. The summed E-state index contributed by atoms with van der Waals surface area (Å²) in [6, 6.07) is 0. The summed E-state index contributed by atoms with van der Waals surface area (Å²) in [6.07, 6.45) is 47.6. The fourth-order valence-corrected chi connectivity index (χ4v) is 8.85. The number of allylic oxidation sites excluding steroid dienone is 11. The Balaban J connectivity index is 1.09. The van der Waals surface area contributed by atoms with E-state index >= 15 is 0 Å². The molecule has 11 unspecified atom stereocenters. The van der Waals surface area contributed by atoms with E-state index in [1.54, 1.807) is 0 Å². The van der Waals surface area contributed by atoms with Crippen LogP contribution >= 0.6 is 0 Å². The predicted octanol–water partition coefficient (Wildman–Crippen LogP) is 11.5. The molecule has 0 N–H and O–H groups in total. The van der Waals surface area contributed by atoms with Crippen LogP contribution in [-0.4, -0.2) is 0 Å². The van der Waals surface area contributed by atoms with Gasteiger partial charge in [0, 0.05) is 0 Å². The average molecular weight is 539 g/mol. The summed E-state index contributed by atoms with van der Waals surface area (Å²) in [5.74, 6) is 8.36. The minimum Gasteiger partial charge on any atom is -0.103 e. The van der Waals surface area contributed by atoms with Gasteiger partial charge in [-0.25, -0.2) is 0 Å². The molecule has 0 aromatic heterocycles. The lowest BCUT2D eigenvalue weighted by Crippen LogP contribution is -2.21. The van der Waals surface area contributed by atoms with Crippen LogP contribution < -0.4 is 0 Å². The molecule has 0 heterocycles. The van der Waals surface area contributed by atoms with Crippen molar-refractivity contribution in [1.29, 1.82) is 0 Å². The first-order chi connectivity index (χ1) is 19.6. The van der Waals surface area contributed by atoms with Crippen molar-refractivity contribution >= 4 is 0 Å². The molecule has 5 saturated carbocycles. The molecular weight excluding hydrogens is 480 g/mol. The van der Waals surface area contributed by atoms with Gasteiger partial charge in [-0.15, -0.1) is 19.7 Å². The number of hydrogen-bond donors (Lipinski definition) is 0. The lowest BCUT2D eigenvalue weighted by molar-refractivity contribution is 0.285. The molecule has 0 radical (unpaired) electrons. The van der Waals surface area contributed by atoms with Gasteiger partial charge in [0.25, 0.3) is 0 Å². The second-order valence-electron chi connectivity index (χ2n) is 14.5. The van der Waals surface area contributed by atoms with Crippen LogP contribution in [0.4, 0.5) is 0 Å². The first-order valence-corrected chi connectivity index (χ1v) is 17.2. The maximum absolute atomic E-state index is 4.16. The maximum atomic E-state index is 4.16. The zero-order valence-corrected chi connectivity index (χ0v) is 25.4. The molecule has 0 aromatic carbocycles. The van der Waals surface area contributed by atoms with Gasteiger partial charge in [0.15, 0.2) is 0 Å². The first-order valence-electron chi connectivity index (χ1n) is 17.2. The van der Waals surface area contributed by atoms with E-state index < -0.39 is 0 Å². The highest BCUT2D eigenvalue weighted by Crippen LogP contribution is 2.41. The van der Waals surface area contributed by atoms with Gasteiger partial charge in [0.05, 0.1) is 0 Å². The van der Waals surface area contributed by atoms with Crippen molar-refractivity contribution < 1.29 is 0 Å². The van der Waals surface area contributed by atoms with E-state index in [4.69, 9.17) is 0 Å². The van der Waals surface area contributed by atoms with E-state index in [1.165, 1.54) is 96.3 Å². The summed E-state index contributed by atoms with van der Waals surface area (Å²) in [5, 5.41) is 0. The van der Waals surface area contributed by atoms with E-state index in [9.17, 15) is 0 Å². The summed E-state index contributed by atoms with van der Waals surface area (Å²) in [6.45, 7) is 12.2. The Hall–Kier alpha value is -1.82. The highest BCUT2D eigenvalue weighted by molar-refractivity contribution is 5.10. The average Bonchev–Trinajstić information content (AvgIpc) is 3.80. The number of rotatable bonds is 11. The van der Waals surface area contributed by atoms with Crippen LogP contribution in [0.2, 0.25) is 0 Å². The highest BCUT2D eigenvalue weighted by Gasteiger charge is 2.29. The Morgan fingerprint density at radius 1 is 0.275 bits per heavy atom. The molecule has 40 heavy (non-hydrogen) atoms. The summed E-state index contributed by atoms with van der Waals surface area (Å²) in [5.41, 5.74) is 0. The molecule has 0 amide bonds. The van der Waals surface area contributed by atoms with Crippen LogP contribution in [-0.2, 0) is 0 Å². The molecule has 0 bridgehead atoms. The zero-order valence-electron chi connectivity index (χ0n) is 25.4. The van der Waals surface area contributed by atoms with Gasteiger partial charge in [-0.1, -0.05) is 66.8 Å². The smallest absolute Gasteiger partial charge is 0.0165 e. The van der Waals surface area contributed by atoms with Crippen LogP contribution in [0.5, 0.6) is 0 Å². The molecule has 5 aliphatic carbocycles. The van der Waals surface area contributed by atoms with Crippen molar-refractivity contribution in [2.45, 2.75) is 96.3 Å². The van der Waals surface area contributed by atoms with E-state index in [1.807, 2.05) is 0 Å². The third-order valence-corrected chi connectivity index (χ3v) is 11.6. The predicted molar refractivity (Wildman–Crippen MR) is 175 cm³/mol. The van der Waals surface area contributed by atoms with Gasteiger partial charge in [-0.05, 0) is 161 Å². The molecule has 0 aromatic rings. The highest BCUT2D eigenvalue weighted by atomic mass is 14.3. The van der Waals surface area contributed by atoms with Crippen LogP contribution in [0, 0.1) is 65.1 Å². The van der Waals surface area contributed by atoms with Gasteiger partial charge in [0.1, 0.15) is 0 Å². The minimum atomic E-state index is 0.689. The third kappa shape index (κ3) is 8.36. The molecule has 11 atom stereocenters. The van der Waals surface area contributed by atoms with Crippen LogP contribution in [0.25, 0.3) is 0 Å². The van der Waals surface area contributed by atoms with E-state index in [0.29, 0.717) is 17.8 Å². The van der Waals surface area contributed by atoms with Gasteiger partial charge in [-0.3, -0.25) is 0 Å². The Morgan fingerprint density at radius 3 is 0.925 bits per heavy atom. The van der Waals surface area contributed by atoms with Gasteiger partial charge in [0.2, 0.25) is 0 Å². The van der Waals surface area contributed by atoms with Crippen LogP contribution in [0.1, 0.15) is 96.3 Å². The van der Waals surface area contributed by atoms with Crippen molar-refractivity contribution in [1.82, 2.24) is 0 Å². The second-order valence-corrected chi connectivity index (χ2v) is 14.5. The van der Waals surface area contributed by atoms with E-state index in [2.05, 4.69) is 86.6 Å². The van der Waals surface area contributed by atoms with Gasteiger partial charge >= 0.3 is 0 Å². The standard InChI is InChI=1S/C40H58/c1-4-30-7-9-33(25-30)11-13-35-15-17-37(27-35)20-23-39-22-19-32(6-3)29-40(39)24-21-38-18-16-36(28-38)14-12-34-10-8-31(5-2)26-34/h4-6,11-14,20-21,23-24,30-40H,1-3,7-10,15-19,22,25-29H2/b13-11-,14-12-,23-20-,24-21-. The summed E-state index contributed by atoms with van der Waals surface area (Å²) in [7, 11) is 0. The molecule has 0 saturated heterocycles. The lowest BCUT2D eigenvalue weighted by atomic mass is 9.73. The normalized spacial score (nSPS) is 42.6. The Kier molecular flexibility index (Phi) is 11.0. The monoisotopic (exact) mass is 538 g/mol. The molecule has 0 nitrogen and oxygen atoms in total. The Morgan fingerprint density at radius 2 is 0.550 bits per heavy atom. The van der Waals surface area contributed by atoms with Crippen molar-refractivity contribution in [3.05, 3.63) is 86.6 Å². The van der Waals surface area contributed by atoms with Gasteiger partial charge in [-0.2, -0.15) is 0 Å². The molecule has 218 valence electrons. The SMILES string of the molecule is C=CC1CCC(/C=C\C2CCC(/C=C\C3CCC(C=C)CC3/C=C\C3CCC(/C=C\C4CCC(C=C)C4)C3)C2)C1. The number of hydrogen-bond acceptors (Lipinski definition) is 0. The largest absolute Gasteiger partial charge is 0.103 e. The zero-order chi connectivity index (χ0) is 27.7. The van der Waals surface area contributed by atoms with Crippen molar-refractivity contribution in [3.63, 3.8) is 0 Å². The lowest BCUT2D eigenvalue weighted by Gasteiger charge is -2.32. The van der Waals surface area contributed by atoms with Crippen molar-refractivity contribution in [3.8, 4) is 0 Å². The van der Waals surface area contributed by atoms with Crippen molar-refractivity contribution in [2.24, 2.45) is 65.1 Å². The van der Waals surface area contributed by atoms with E-state index in [-0.39, 0.29) is 0 Å². The Bertz CT molecular complexity index is 943. The van der Waals surface area contributed by atoms with Crippen molar-refractivity contribution in [2.75, 3.05) is 0 Å². The maximum Gasteiger partial charge on any atom is -0.0165 e. The molecule has 0 spiro atoms. The van der Waals surface area contributed by atoms with Crippen LogP contribution in [0.3, 0.4) is 0 Å². The first kappa shape index (κ1) is 29.7. The van der Waals surface area contributed by atoms with E-state index in [0.717, 1.165) is 47.3 Å². The molecule has 5 rings (SSSR count). The van der Waals surface area contributed by atoms with Gasteiger partial charge < -0.3 is 0 Å². The fraction of sp³-hybridized carbons (Fsp3) is 0.650. The third-order valence-electron chi connectivity index (χ3n) is 11.6. The summed E-state index contributed by atoms with van der Waals surface area (Å²) >= 11 is 0. The summed E-state index contributed by atoms with van der Waals surface area (Å²) in [4.78, 5) is 0. The topological polar surface area (TPSA) is 0 Å². The Labute approximate surface area is 247 Å². The molecule has 0 aliphatic heterocycles. The second kappa shape index (κ2) is 14.9. The molecule has 0 heteroatoms. The molecule has 5 aliphatic rings.